The second-order valence-electron chi connectivity index (χ2n) is 5.24. The van der Waals surface area contributed by atoms with Crippen molar-refractivity contribution in [1.82, 2.24) is 14.8 Å². The largest absolute Gasteiger partial charge is 0.306 e. The van der Waals surface area contributed by atoms with Crippen molar-refractivity contribution in [2.24, 2.45) is 0 Å². The van der Waals surface area contributed by atoms with E-state index in [2.05, 4.69) is 33.0 Å². The van der Waals surface area contributed by atoms with Crippen LogP contribution in [0.3, 0.4) is 0 Å². The van der Waals surface area contributed by atoms with Crippen molar-refractivity contribution in [1.29, 1.82) is 5.26 Å². The third kappa shape index (κ3) is 3.27. The van der Waals surface area contributed by atoms with Gasteiger partial charge in [-0.25, -0.2) is 0 Å². The number of hydrogen-bond donors (Lipinski definition) is 0. The number of thioether (sulfide) groups is 1. The lowest BCUT2D eigenvalue weighted by Crippen LogP contribution is -2.04. The molecule has 0 radical (unpaired) electrons. The first-order valence-electron chi connectivity index (χ1n) is 7.39. The van der Waals surface area contributed by atoms with Gasteiger partial charge in [0.15, 0.2) is 5.16 Å². The van der Waals surface area contributed by atoms with Crippen molar-refractivity contribution in [2.75, 3.05) is 0 Å². The average molecular weight is 298 g/mol. The van der Waals surface area contributed by atoms with E-state index in [9.17, 15) is 0 Å². The summed E-state index contributed by atoms with van der Waals surface area (Å²) in [6.07, 6.45) is 5.14. The number of nitriles is 1. The summed E-state index contributed by atoms with van der Waals surface area (Å²) in [6, 6.07) is 12.5. The standard InChI is InChI=1S/C16H18N4S/c17-11-10-14(13-7-3-1-4-8-13)21-16-19-18-15-9-5-2-6-12-20(15)16/h1,3-4,7-8,14H,2,5-6,9-10,12H2. The summed E-state index contributed by atoms with van der Waals surface area (Å²) >= 11 is 1.66. The van der Waals surface area contributed by atoms with Gasteiger partial charge in [0.2, 0.25) is 0 Å². The molecule has 0 bridgehead atoms. The van der Waals surface area contributed by atoms with E-state index in [4.69, 9.17) is 5.26 Å². The van der Waals surface area contributed by atoms with Gasteiger partial charge in [-0.2, -0.15) is 5.26 Å². The van der Waals surface area contributed by atoms with Crippen molar-refractivity contribution in [3.63, 3.8) is 0 Å². The maximum Gasteiger partial charge on any atom is 0.191 e. The topological polar surface area (TPSA) is 54.5 Å². The van der Waals surface area contributed by atoms with Crippen LogP contribution in [-0.4, -0.2) is 14.8 Å². The summed E-state index contributed by atoms with van der Waals surface area (Å²) in [6.45, 7) is 0.999. The summed E-state index contributed by atoms with van der Waals surface area (Å²) in [5, 5.41) is 18.9. The average Bonchev–Trinajstić information content (AvgIpc) is 2.75. The van der Waals surface area contributed by atoms with Crippen molar-refractivity contribution in [3.8, 4) is 6.07 Å². The summed E-state index contributed by atoms with van der Waals surface area (Å²) in [7, 11) is 0. The number of fused-ring (bicyclic) bond motifs is 1. The zero-order valence-electron chi connectivity index (χ0n) is 11.9. The first-order valence-corrected chi connectivity index (χ1v) is 8.27. The fourth-order valence-electron chi connectivity index (χ4n) is 2.65. The van der Waals surface area contributed by atoms with Crippen LogP contribution in [0.5, 0.6) is 0 Å². The molecule has 0 saturated carbocycles. The molecule has 2 heterocycles. The van der Waals surface area contributed by atoms with Crippen molar-refractivity contribution in [3.05, 3.63) is 41.7 Å². The zero-order chi connectivity index (χ0) is 14.5. The van der Waals surface area contributed by atoms with Gasteiger partial charge in [0, 0.05) is 13.0 Å². The lowest BCUT2D eigenvalue weighted by atomic mass is 10.1. The number of aryl methyl sites for hydroxylation is 1. The van der Waals surface area contributed by atoms with Gasteiger partial charge in [-0.15, -0.1) is 10.2 Å². The molecule has 1 atom stereocenters. The molecule has 0 N–H and O–H groups in total. The summed E-state index contributed by atoms with van der Waals surface area (Å²) in [5.41, 5.74) is 1.18. The molecule has 1 aromatic heterocycles. The molecule has 1 aromatic carbocycles. The fraction of sp³-hybridized carbons (Fsp3) is 0.438. The predicted octanol–water partition coefficient (Wildman–Crippen LogP) is 3.75. The third-order valence-electron chi connectivity index (χ3n) is 3.77. The molecule has 4 nitrogen and oxygen atoms in total. The van der Waals surface area contributed by atoms with Crippen LogP contribution >= 0.6 is 11.8 Å². The minimum Gasteiger partial charge on any atom is -0.306 e. The highest BCUT2D eigenvalue weighted by atomic mass is 32.2. The minimum atomic E-state index is 0.118. The number of rotatable bonds is 4. The minimum absolute atomic E-state index is 0.118. The van der Waals surface area contributed by atoms with Crippen LogP contribution < -0.4 is 0 Å². The molecular formula is C16H18N4S. The Kier molecular flexibility index (Phi) is 4.56. The van der Waals surface area contributed by atoms with E-state index < -0.39 is 0 Å². The number of benzene rings is 1. The number of hydrogen-bond acceptors (Lipinski definition) is 4. The third-order valence-corrected chi connectivity index (χ3v) is 5.01. The van der Waals surface area contributed by atoms with E-state index in [1.165, 1.54) is 24.8 Å². The Hall–Kier alpha value is -1.80. The van der Waals surface area contributed by atoms with Gasteiger partial charge in [0.25, 0.3) is 0 Å². The highest BCUT2D eigenvalue weighted by molar-refractivity contribution is 7.99. The molecule has 1 aliphatic rings. The molecule has 0 amide bonds. The van der Waals surface area contributed by atoms with Crippen LogP contribution in [0, 0.1) is 11.3 Å². The normalized spacial score (nSPS) is 15.8. The van der Waals surface area contributed by atoms with E-state index in [1.807, 2.05) is 18.2 Å². The molecule has 0 aliphatic carbocycles. The van der Waals surface area contributed by atoms with Gasteiger partial charge in [0.1, 0.15) is 5.82 Å². The van der Waals surface area contributed by atoms with E-state index in [0.717, 1.165) is 23.9 Å². The Morgan fingerprint density at radius 3 is 2.86 bits per heavy atom. The highest BCUT2D eigenvalue weighted by Gasteiger charge is 2.20. The maximum atomic E-state index is 9.10. The second kappa shape index (κ2) is 6.77. The molecule has 3 rings (SSSR count). The SMILES string of the molecule is N#CCC(Sc1nnc2n1CCCCC2)c1ccccc1. The first-order chi connectivity index (χ1) is 10.4. The van der Waals surface area contributed by atoms with E-state index in [0.29, 0.717) is 6.42 Å². The van der Waals surface area contributed by atoms with Gasteiger partial charge in [-0.3, -0.25) is 0 Å². The van der Waals surface area contributed by atoms with Gasteiger partial charge in [0.05, 0.1) is 17.7 Å². The molecule has 108 valence electrons. The molecule has 5 heteroatoms. The lowest BCUT2D eigenvalue weighted by molar-refractivity contribution is 0.590. The van der Waals surface area contributed by atoms with Gasteiger partial charge in [-0.05, 0) is 18.4 Å². The quantitative estimate of drug-likeness (QED) is 0.807. The molecule has 1 aliphatic heterocycles. The molecule has 0 fully saturated rings. The van der Waals surface area contributed by atoms with E-state index in [-0.39, 0.29) is 5.25 Å². The molecule has 1 unspecified atom stereocenters. The number of aromatic nitrogens is 3. The Balaban J connectivity index is 1.84. The predicted molar refractivity (Wildman–Crippen MR) is 82.8 cm³/mol. The number of nitrogens with zero attached hydrogens (tertiary/aromatic N) is 4. The monoisotopic (exact) mass is 298 g/mol. The molecular weight excluding hydrogens is 280 g/mol. The second-order valence-corrected chi connectivity index (χ2v) is 6.41. The highest BCUT2D eigenvalue weighted by Crippen LogP contribution is 2.37. The van der Waals surface area contributed by atoms with Crippen LogP contribution in [0.2, 0.25) is 0 Å². The Labute approximate surface area is 129 Å². The van der Waals surface area contributed by atoms with Crippen LogP contribution in [-0.2, 0) is 13.0 Å². The Bertz CT molecular complexity index is 629. The fourth-order valence-corrected chi connectivity index (χ4v) is 3.77. The van der Waals surface area contributed by atoms with Crippen molar-refractivity contribution in [2.45, 2.75) is 49.1 Å². The van der Waals surface area contributed by atoms with Gasteiger partial charge < -0.3 is 4.57 Å². The molecule has 0 saturated heterocycles. The Morgan fingerprint density at radius 2 is 2.05 bits per heavy atom. The van der Waals surface area contributed by atoms with Crippen molar-refractivity contribution < 1.29 is 0 Å². The van der Waals surface area contributed by atoms with Gasteiger partial charge >= 0.3 is 0 Å². The van der Waals surface area contributed by atoms with Crippen LogP contribution in [0.15, 0.2) is 35.5 Å². The molecule has 2 aromatic rings. The maximum absolute atomic E-state index is 9.10. The summed E-state index contributed by atoms with van der Waals surface area (Å²) in [5.74, 6) is 1.10. The van der Waals surface area contributed by atoms with Crippen LogP contribution in [0.1, 0.15) is 42.3 Å². The Morgan fingerprint density at radius 1 is 1.19 bits per heavy atom. The smallest absolute Gasteiger partial charge is 0.191 e. The lowest BCUT2D eigenvalue weighted by Gasteiger charge is -2.14. The summed E-state index contributed by atoms with van der Waals surface area (Å²) < 4.78 is 2.24. The van der Waals surface area contributed by atoms with Crippen LogP contribution in [0.4, 0.5) is 0 Å². The first kappa shape index (κ1) is 14.2. The van der Waals surface area contributed by atoms with E-state index >= 15 is 0 Å². The summed E-state index contributed by atoms with van der Waals surface area (Å²) in [4.78, 5) is 0. The van der Waals surface area contributed by atoms with Crippen molar-refractivity contribution >= 4 is 11.8 Å². The van der Waals surface area contributed by atoms with E-state index in [1.54, 1.807) is 11.8 Å². The molecule has 0 spiro atoms. The zero-order valence-corrected chi connectivity index (χ0v) is 12.7. The van der Waals surface area contributed by atoms with Crippen LogP contribution in [0.25, 0.3) is 0 Å². The van der Waals surface area contributed by atoms with Gasteiger partial charge in [-0.1, -0.05) is 48.5 Å². The molecule has 21 heavy (non-hydrogen) atoms.